The van der Waals surface area contributed by atoms with E-state index in [9.17, 15) is 14.0 Å². The van der Waals surface area contributed by atoms with Crippen LogP contribution in [0.5, 0.6) is 0 Å². The van der Waals surface area contributed by atoms with Crippen LogP contribution in [-0.4, -0.2) is 17.9 Å². The van der Waals surface area contributed by atoms with E-state index in [1.807, 2.05) is 0 Å². The molecule has 2 amide bonds. The highest BCUT2D eigenvalue weighted by Crippen LogP contribution is 2.19. The summed E-state index contributed by atoms with van der Waals surface area (Å²) in [6.07, 6.45) is 0. The molecule has 1 atom stereocenters. The standard InChI is InChI=1S/C11H12ClFN2O2/c1-6(14-7(2)16)11(17)15-8-3-4-10(13)9(12)5-8/h3-6H,1-2H3,(H,14,16)(H,15,17). The third-order valence-corrected chi connectivity index (χ3v) is 2.29. The first kappa shape index (κ1) is 13.4. The molecular formula is C11H12ClFN2O2. The SMILES string of the molecule is CC(=O)NC(C)C(=O)Nc1ccc(F)c(Cl)c1. The van der Waals surface area contributed by atoms with Crippen LogP contribution in [0.1, 0.15) is 13.8 Å². The van der Waals surface area contributed by atoms with E-state index in [-0.39, 0.29) is 10.9 Å². The van der Waals surface area contributed by atoms with Gasteiger partial charge in [0.25, 0.3) is 0 Å². The van der Waals surface area contributed by atoms with Gasteiger partial charge < -0.3 is 10.6 Å². The molecule has 0 aromatic heterocycles. The number of hydrogen-bond donors (Lipinski definition) is 2. The molecule has 92 valence electrons. The molecule has 6 heteroatoms. The maximum absolute atomic E-state index is 12.9. The zero-order valence-corrected chi connectivity index (χ0v) is 10.1. The topological polar surface area (TPSA) is 58.2 Å². The Morgan fingerprint density at radius 3 is 2.59 bits per heavy atom. The summed E-state index contributed by atoms with van der Waals surface area (Å²) >= 11 is 5.57. The summed E-state index contributed by atoms with van der Waals surface area (Å²) in [5.41, 5.74) is 0.374. The number of carbonyl (C=O) groups excluding carboxylic acids is 2. The number of benzene rings is 1. The smallest absolute Gasteiger partial charge is 0.246 e. The number of anilines is 1. The van der Waals surface area contributed by atoms with Crippen molar-refractivity contribution in [3.8, 4) is 0 Å². The van der Waals surface area contributed by atoms with Crippen LogP contribution in [0.25, 0.3) is 0 Å². The van der Waals surface area contributed by atoms with Crippen molar-refractivity contribution in [1.82, 2.24) is 5.32 Å². The number of hydrogen-bond acceptors (Lipinski definition) is 2. The lowest BCUT2D eigenvalue weighted by Crippen LogP contribution is -2.40. The molecule has 0 aliphatic rings. The summed E-state index contributed by atoms with van der Waals surface area (Å²) in [7, 11) is 0. The minimum Gasteiger partial charge on any atom is -0.345 e. The summed E-state index contributed by atoms with van der Waals surface area (Å²) in [5, 5.41) is 4.87. The fourth-order valence-corrected chi connectivity index (χ4v) is 1.38. The fraction of sp³-hybridized carbons (Fsp3) is 0.273. The second kappa shape index (κ2) is 5.63. The van der Waals surface area contributed by atoms with E-state index < -0.39 is 17.8 Å². The van der Waals surface area contributed by atoms with Gasteiger partial charge in [0.1, 0.15) is 11.9 Å². The predicted molar refractivity (Wildman–Crippen MR) is 63.3 cm³/mol. The Morgan fingerprint density at radius 2 is 2.06 bits per heavy atom. The molecule has 1 aromatic carbocycles. The van der Waals surface area contributed by atoms with E-state index in [2.05, 4.69) is 10.6 Å². The zero-order chi connectivity index (χ0) is 13.0. The first-order valence-electron chi connectivity index (χ1n) is 4.93. The molecule has 1 aromatic rings. The van der Waals surface area contributed by atoms with Gasteiger partial charge >= 0.3 is 0 Å². The lowest BCUT2D eigenvalue weighted by molar-refractivity contribution is -0.124. The Morgan fingerprint density at radius 1 is 1.41 bits per heavy atom. The molecule has 0 saturated heterocycles. The number of nitrogens with one attached hydrogen (secondary N) is 2. The Balaban J connectivity index is 2.67. The van der Waals surface area contributed by atoms with Crippen LogP contribution in [0.15, 0.2) is 18.2 Å². The first-order chi connectivity index (χ1) is 7.90. The highest BCUT2D eigenvalue weighted by Gasteiger charge is 2.14. The molecule has 0 bridgehead atoms. The van der Waals surface area contributed by atoms with Crippen molar-refractivity contribution in [2.75, 3.05) is 5.32 Å². The highest BCUT2D eigenvalue weighted by atomic mass is 35.5. The van der Waals surface area contributed by atoms with Crippen molar-refractivity contribution in [2.24, 2.45) is 0 Å². The van der Waals surface area contributed by atoms with Crippen LogP contribution in [0.3, 0.4) is 0 Å². The maximum atomic E-state index is 12.9. The van der Waals surface area contributed by atoms with Gasteiger partial charge in [-0.2, -0.15) is 0 Å². The van der Waals surface area contributed by atoms with Gasteiger partial charge in [-0.05, 0) is 25.1 Å². The molecular weight excluding hydrogens is 247 g/mol. The molecule has 1 unspecified atom stereocenters. The molecule has 0 aliphatic heterocycles. The summed E-state index contributed by atoms with van der Waals surface area (Å²) in [6.45, 7) is 2.86. The van der Waals surface area contributed by atoms with Gasteiger partial charge in [0.2, 0.25) is 11.8 Å². The van der Waals surface area contributed by atoms with Gasteiger partial charge in [-0.3, -0.25) is 9.59 Å². The van der Waals surface area contributed by atoms with Crippen molar-refractivity contribution in [3.63, 3.8) is 0 Å². The van der Waals surface area contributed by atoms with E-state index in [4.69, 9.17) is 11.6 Å². The molecule has 2 N–H and O–H groups in total. The minimum atomic E-state index is -0.670. The summed E-state index contributed by atoms with van der Waals surface area (Å²) in [6, 6.07) is 3.17. The Hall–Kier alpha value is -1.62. The zero-order valence-electron chi connectivity index (χ0n) is 9.38. The monoisotopic (exact) mass is 258 g/mol. The van der Waals surface area contributed by atoms with Crippen molar-refractivity contribution < 1.29 is 14.0 Å². The summed E-state index contributed by atoms with van der Waals surface area (Å²) < 4.78 is 12.9. The molecule has 0 radical (unpaired) electrons. The number of carbonyl (C=O) groups is 2. The van der Waals surface area contributed by atoms with Gasteiger partial charge in [-0.25, -0.2) is 4.39 Å². The van der Waals surface area contributed by atoms with Gasteiger partial charge in [-0.1, -0.05) is 11.6 Å². The van der Waals surface area contributed by atoms with Crippen molar-refractivity contribution in [1.29, 1.82) is 0 Å². The third-order valence-electron chi connectivity index (χ3n) is 2.00. The molecule has 0 fully saturated rings. The summed E-state index contributed by atoms with van der Waals surface area (Å²) in [5.74, 6) is -1.26. The number of rotatable bonds is 3. The minimum absolute atomic E-state index is 0.0741. The third kappa shape index (κ3) is 4.03. The van der Waals surface area contributed by atoms with Crippen molar-refractivity contribution >= 4 is 29.1 Å². The molecule has 0 aliphatic carbocycles. The Kier molecular flexibility index (Phi) is 4.45. The number of amides is 2. The van der Waals surface area contributed by atoms with Gasteiger partial charge in [0.15, 0.2) is 0 Å². The van der Waals surface area contributed by atoms with E-state index in [0.717, 1.165) is 6.07 Å². The van der Waals surface area contributed by atoms with E-state index >= 15 is 0 Å². The van der Waals surface area contributed by atoms with Crippen LogP contribution < -0.4 is 10.6 Å². The molecule has 0 spiro atoms. The first-order valence-corrected chi connectivity index (χ1v) is 5.31. The highest BCUT2D eigenvalue weighted by molar-refractivity contribution is 6.31. The Bertz CT molecular complexity index is 451. The van der Waals surface area contributed by atoms with E-state index in [0.29, 0.717) is 5.69 Å². The predicted octanol–water partition coefficient (Wildman–Crippen LogP) is 1.94. The van der Waals surface area contributed by atoms with Gasteiger partial charge in [0.05, 0.1) is 5.02 Å². The molecule has 1 rings (SSSR count). The van der Waals surface area contributed by atoms with Crippen LogP contribution in [0.4, 0.5) is 10.1 Å². The molecule has 4 nitrogen and oxygen atoms in total. The van der Waals surface area contributed by atoms with Crippen LogP contribution in [-0.2, 0) is 9.59 Å². The van der Waals surface area contributed by atoms with E-state index in [1.54, 1.807) is 6.92 Å². The second-order valence-electron chi connectivity index (χ2n) is 3.54. The normalized spacial score (nSPS) is 11.8. The van der Waals surface area contributed by atoms with Crippen LogP contribution in [0.2, 0.25) is 5.02 Å². The van der Waals surface area contributed by atoms with Crippen molar-refractivity contribution in [2.45, 2.75) is 19.9 Å². The molecule has 0 saturated carbocycles. The fourth-order valence-electron chi connectivity index (χ4n) is 1.19. The Labute approximate surface area is 103 Å². The second-order valence-corrected chi connectivity index (χ2v) is 3.95. The van der Waals surface area contributed by atoms with E-state index in [1.165, 1.54) is 19.1 Å². The maximum Gasteiger partial charge on any atom is 0.246 e. The van der Waals surface area contributed by atoms with Gasteiger partial charge in [0, 0.05) is 12.6 Å². The molecule has 0 heterocycles. The van der Waals surface area contributed by atoms with Crippen LogP contribution in [0, 0.1) is 5.82 Å². The lowest BCUT2D eigenvalue weighted by atomic mass is 10.2. The summed E-state index contributed by atoms with van der Waals surface area (Å²) in [4.78, 5) is 22.3. The molecule has 17 heavy (non-hydrogen) atoms. The van der Waals surface area contributed by atoms with Crippen LogP contribution >= 0.6 is 11.6 Å². The number of halogens is 2. The average molecular weight is 259 g/mol. The van der Waals surface area contributed by atoms with Crippen molar-refractivity contribution in [3.05, 3.63) is 29.0 Å². The van der Waals surface area contributed by atoms with Gasteiger partial charge in [-0.15, -0.1) is 0 Å². The average Bonchev–Trinajstić information content (AvgIpc) is 2.22. The lowest BCUT2D eigenvalue weighted by Gasteiger charge is -2.12. The largest absolute Gasteiger partial charge is 0.345 e. The quantitative estimate of drug-likeness (QED) is 0.871.